The molecule has 0 amide bonds. The van der Waals surface area contributed by atoms with Crippen LogP contribution in [-0.4, -0.2) is 9.38 Å². The third-order valence-electron chi connectivity index (χ3n) is 3.11. The van der Waals surface area contributed by atoms with Crippen molar-refractivity contribution in [3.63, 3.8) is 0 Å². The molecule has 0 aliphatic heterocycles. The van der Waals surface area contributed by atoms with E-state index in [-0.39, 0.29) is 0 Å². The van der Waals surface area contributed by atoms with Gasteiger partial charge in [-0.25, -0.2) is 4.98 Å². The van der Waals surface area contributed by atoms with Gasteiger partial charge in [-0.15, -0.1) is 0 Å². The summed E-state index contributed by atoms with van der Waals surface area (Å²) < 4.78 is 7.72. The van der Waals surface area contributed by atoms with Crippen LogP contribution in [0.5, 0.6) is 5.88 Å². The molecule has 0 aliphatic carbocycles. The van der Waals surface area contributed by atoms with Gasteiger partial charge in [-0.3, -0.25) is 0 Å². The molecule has 0 saturated carbocycles. The average Bonchev–Trinajstić information content (AvgIpc) is 2.91. The fourth-order valence-electron chi connectivity index (χ4n) is 2.14. The maximum absolute atomic E-state index is 8.81. The molecule has 3 aromatic rings. The van der Waals surface area contributed by atoms with Crippen molar-refractivity contribution in [1.29, 1.82) is 5.26 Å². The number of hydrogen-bond acceptors (Lipinski definition) is 3. The lowest BCUT2D eigenvalue weighted by Gasteiger charge is -2.07. The SMILES string of the molecule is N#CCc1ccc2c(OCc3ccccc3)nccn12. The van der Waals surface area contributed by atoms with Gasteiger partial charge in [0.25, 0.3) is 0 Å². The Bertz CT molecular complexity index is 756. The van der Waals surface area contributed by atoms with E-state index in [1.165, 1.54) is 0 Å². The molecule has 4 nitrogen and oxygen atoms in total. The number of rotatable bonds is 4. The molecule has 98 valence electrons. The monoisotopic (exact) mass is 263 g/mol. The van der Waals surface area contributed by atoms with Crippen molar-refractivity contribution in [2.45, 2.75) is 13.0 Å². The average molecular weight is 263 g/mol. The van der Waals surface area contributed by atoms with Gasteiger partial charge in [0.1, 0.15) is 12.1 Å². The lowest BCUT2D eigenvalue weighted by molar-refractivity contribution is 0.296. The third-order valence-corrected chi connectivity index (χ3v) is 3.11. The molecule has 0 unspecified atom stereocenters. The highest BCUT2D eigenvalue weighted by Gasteiger charge is 2.07. The molecule has 0 atom stereocenters. The lowest BCUT2D eigenvalue weighted by Crippen LogP contribution is -2.00. The Morgan fingerprint density at radius 1 is 1.15 bits per heavy atom. The highest BCUT2D eigenvalue weighted by Crippen LogP contribution is 2.20. The Hall–Kier alpha value is -2.80. The van der Waals surface area contributed by atoms with Crippen molar-refractivity contribution >= 4 is 5.52 Å². The van der Waals surface area contributed by atoms with Crippen molar-refractivity contribution in [2.75, 3.05) is 0 Å². The van der Waals surface area contributed by atoms with Gasteiger partial charge in [-0.2, -0.15) is 5.26 Å². The summed E-state index contributed by atoms with van der Waals surface area (Å²) in [6.07, 6.45) is 3.90. The van der Waals surface area contributed by atoms with E-state index < -0.39 is 0 Å². The van der Waals surface area contributed by atoms with E-state index in [9.17, 15) is 0 Å². The van der Waals surface area contributed by atoms with Gasteiger partial charge in [0.05, 0.1) is 12.5 Å². The van der Waals surface area contributed by atoms with Crippen LogP contribution in [-0.2, 0) is 13.0 Å². The molecule has 2 heterocycles. The summed E-state index contributed by atoms with van der Waals surface area (Å²) in [5.74, 6) is 0.584. The van der Waals surface area contributed by atoms with Crippen molar-refractivity contribution in [1.82, 2.24) is 9.38 Å². The largest absolute Gasteiger partial charge is 0.471 e. The van der Waals surface area contributed by atoms with Crippen molar-refractivity contribution in [3.8, 4) is 11.9 Å². The number of benzene rings is 1. The number of fused-ring (bicyclic) bond motifs is 1. The van der Waals surface area contributed by atoms with Gasteiger partial charge in [0.15, 0.2) is 0 Å². The molecule has 1 aromatic carbocycles. The smallest absolute Gasteiger partial charge is 0.238 e. The van der Waals surface area contributed by atoms with Gasteiger partial charge >= 0.3 is 0 Å². The predicted octanol–water partition coefficient (Wildman–Crippen LogP) is 2.98. The molecule has 0 fully saturated rings. The topological polar surface area (TPSA) is 50.3 Å². The lowest BCUT2D eigenvalue weighted by atomic mass is 10.2. The first-order chi connectivity index (χ1) is 9.88. The second kappa shape index (κ2) is 5.45. The highest BCUT2D eigenvalue weighted by atomic mass is 16.5. The van der Waals surface area contributed by atoms with Crippen LogP contribution in [0.4, 0.5) is 0 Å². The first-order valence-corrected chi connectivity index (χ1v) is 6.37. The summed E-state index contributed by atoms with van der Waals surface area (Å²) in [5.41, 5.74) is 2.92. The standard InChI is InChI=1S/C16H13N3O/c17-9-8-14-6-7-15-16(18-10-11-19(14)15)20-12-13-4-2-1-3-5-13/h1-7,10-11H,8,12H2. The van der Waals surface area contributed by atoms with Crippen LogP contribution in [0, 0.1) is 11.3 Å². The molecule has 2 aromatic heterocycles. The molecular weight excluding hydrogens is 250 g/mol. The number of nitrogens with zero attached hydrogens (tertiary/aromatic N) is 3. The van der Waals surface area contributed by atoms with Crippen LogP contribution in [0.25, 0.3) is 5.52 Å². The molecule has 20 heavy (non-hydrogen) atoms. The summed E-state index contributed by atoms with van der Waals surface area (Å²) in [6, 6.07) is 16.0. The predicted molar refractivity (Wildman–Crippen MR) is 75.3 cm³/mol. The zero-order chi connectivity index (χ0) is 13.8. The minimum Gasteiger partial charge on any atom is -0.471 e. The maximum atomic E-state index is 8.81. The second-order valence-electron chi connectivity index (χ2n) is 4.42. The molecule has 0 saturated heterocycles. The minimum atomic E-state index is 0.371. The van der Waals surface area contributed by atoms with E-state index in [0.29, 0.717) is 18.9 Å². The first kappa shape index (κ1) is 12.2. The molecule has 0 aliphatic rings. The van der Waals surface area contributed by atoms with Crippen LogP contribution < -0.4 is 4.74 Å². The Balaban J connectivity index is 1.87. The first-order valence-electron chi connectivity index (χ1n) is 6.37. The van der Waals surface area contributed by atoms with E-state index in [2.05, 4.69) is 11.1 Å². The fraction of sp³-hybridized carbons (Fsp3) is 0.125. The Kier molecular flexibility index (Phi) is 3.34. The Morgan fingerprint density at radius 2 is 2.00 bits per heavy atom. The molecule has 0 spiro atoms. The molecule has 0 radical (unpaired) electrons. The summed E-state index contributed by atoms with van der Waals surface area (Å²) >= 11 is 0. The zero-order valence-corrected chi connectivity index (χ0v) is 10.9. The molecule has 0 N–H and O–H groups in total. The molecular formula is C16H13N3O. The summed E-state index contributed by atoms with van der Waals surface area (Å²) in [6.45, 7) is 0.478. The van der Waals surface area contributed by atoms with Gasteiger partial charge in [-0.05, 0) is 17.7 Å². The third kappa shape index (κ3) is 2.34. The van der Waals surface area contributed by atoms with Gasteiger partial charge < -0.3 is 9.14 Å². The normalized spacial score (nSPS) is 10.3. The van der Waals surface area contributed by atoms with Crippen LogP contribution in [0.15, 0.2) is 54.9 Å². The molecule has 4 heteroatoms. The molecule has 3 rings (SSSR count). The Morgan fingerprint density at radius 3 is 2.80 bits per heavy atom. The van der Waals surface area contributed by atoms with Gasteiger partial charge in [-0.1, -0.05) is 30.3 Å². The van der Waals surface area contributed by atoms with Crippen LogP contribution in [0.2, 0.25) is 0 Å². The molecule has 0 bridgehead atoms. The van der Waals surface area contributed by atoms with Gasteiger partial charge in [0, 0.05) is 18.1 Å². The van der Waals surface area contributed by atoms with E-state index >= 15 is 0 Å². The maximum Gasteiger partial charge on any atom is 0.238 e. The second-order valence-corrected chi connectivity index (χ2v) is 4.42. The van der Waals surface area contributed by atoms with Gasteiger partial charge in [0.2, 0.25) is 5.88 Å². The van der Waals surface area contributed by atoms with Crippen molar-refractivity contribution in [3.05, 3.63) is 66.1 Å². The summed E-state index contributed by atoms with van der Waals surface area (Å²) in [4.78, 5) is 4.27. The Labute approximate surface area is 116 Å². The highest BCUT2D eigenvalue weighted by molar-refractivity contribution is 5.58. The van der Waals surface area contributed by atoms with Crippen LogP contribution in [0.1, 0.15) is 11.3 Å². The van der Waals surface area contributed by atoms with E-state index in [4.69, 9.17) is 10.00 Å². The van der Waals surface area contributed by atoms with Crippen LogP contribution in [0.3, 0.4) is 0 Å². The quantitative estimate of drug-likeness (QED) is 0.727. The fourth-order valence-corrected chi connectivity index (χ4v) is 2.14. The minimum absolute atomic E-state index is 0.371. The summed E-state index contributed by atoms with van der Waals surface area (Å²) in [5, 5.41) is 8.81. The van der Waals surface area contributed by atoms with Crippen molar-refractivity contribution < 1.29 is 4.74 Å². The van der Waals surface area contributed by atoms with E-state index in [0.717, 1.165) is 16.8 Å². The summed E-state index contributed by atoms with van der Waals surface area (Å²) in [7, 11) is 0. The van der Waals surface area contributed by atoms with Crippen molar-refractivity contribution in [2.24, 2.45) is 0 Å². The number of aromatic nitrogens is 2. The zero-order valence-electron chi connectivity index (χ0n) is 10.9. The number of hydrogen-bond donors (Lipinski definition) is 0. The number of ether oxygens (including phenoxy) is 1. The van der Waals surface area contributed by atoms with E-state index in [1.807, 2.05) is 53.1 Å². The van der Waals surface area contributed by atoms with E-state index in [1.54, 1.807) is 6.20 Å². The number of nitriles is 1. The van der Waals surface area contributed by atoms with Crippen LogP contribution >= 0.6 is 0 Å².